The van der Waals surface area contributed by atoms with Crippen LogP contribution >= 0.6 is 0 Å². The van der Waals surface area contributed by atoms with Gasteiger partial charge in [-0.15, -0.1) is 0 Å². The van der Waals surface area contributed by atoms with Crippen LogP contribution in [0.3, 0.4) is 0 Å². The Morgan fingerprint density at radius 2 is 2.06 bits per heavy atom. The van der Waals surface area contributed by atoms with Crippen LogP contribution in [-0.2, 0) is 6.18 Å². The third kappa shape index (κ3) is 3.56. The van der Waals surface area contributed by atoms with Gasteiger partial charge in [-0.2, -0.15) is 13.2 Å². The summed E-state index contributed by atoms with van der Waals surface area (Å²) in [6, 6.07) is 4.09. The van der Waals surface area contributed by atoms with Gasteiger partial charge in [-0.05, 0) is 18.6 Å². The Hall–Kier alpha value is -1.36. The van der Waals surface area contributed by atoms with Crippen LogP contribution in [0.2, 0.25) is 0 Å². The first-order valence-corrected chi connectivity index (χ1v) is 5.25. The number of hydrogen-bond donors (Lipinski definition) is 1. The van der Waals surface area contributed by atoms with Gasteiger partial charge in [0.05, 0.1) is 5.56 Å². The highest BCUT2D eigenvalue weighted by Crippen LogP contribution is 2.29. The fourth-order valence-corrected chi connectivity index (χ4v) is 1.45. The number of Topliss-reactive ketones (excluding diaryl/α,β-unsaturated/α-hetero) is 1. The van der Waals surface area contributed by atoms with Crippen molar-refractivity contribution < 1.29 is 23.1 Å². The average molecular weight is 246 g/mol. The average Bonchev–Trinajstić information content (AvgIpc) is 2.27. The van der Waals surface area contributed by atoms with Crippen molar-refractivity contribution in [3.05, 3.63) is 35.4 Å². The normalized spacial score (nSPS) is 13.5. The van der Waals surface area contributed by atoms with E-state index in [9.17, 15) is 23.1 Å². The molecule has 2 nitrogen and oxygen atoms in total. The smallest absolute Gasteiger partial charge is 0.385 e. The lowest BCUT2D eigenvalue weighted by molar-refractivity contribution is -0.137. The van der Waals surface area contributed by atoms with E-state index in [0.717, 1.165) is 18.2 Å². The Balaban J connectivity index is 2.96. The second-order valence-corrected chi connectivity index (χ2v) is 3.75. The van der Waals surface area contributed by atoms with Gasteiger partial charge in [0.25, 0.3) is 0 Å². The lowest BCUT2D eigenvalue weighted by Gasteiger charge is -2.11. The van der Waals surface area contributed by atoms with Crippen LogP contribution in [0.1, 0.15) is 35.7 Å². The summed E-state index contributed by atoms with van der Waals surface area (Å²) in [6.07, 6.45) is -4.88. The first-order chi connectivity index (χ1) is 7.86. The number of aliphatic hydroxyl groups excluding tert-OH is 1. The maximum Gasteiger partial charge on any atom is 0.416 e. The molecule has 0 saturated heterocycles. The van der Waals surface area contributed by atoms with Crippen LogP contribution < -0.4 is 0 Å². The Kier molecular flexibility index (Phi) is 4.28. The lowest BCUT2D eigenvalue weighted by atomic mass is 10.0. The monoisotopic (exact) mass is 246 g/mol. The Bertz CT molecular complexity index is 399. The van der Waals surface area contributed by atoms with Crippen molar-refractivity contribution in [2.24, 2.45) is 0 Å². The largest absolute Gasteiger partial charge is 0.416 e. The van der Waals surface area contributed by atoms with Gasteiger partial charge >= 0.3 is 6.18 Å². The summed E-state index contributed by atoms with van der Waals surface area (Å²) in [7, 11) is 0. The van der Waals surface area contributed by atoms with E-state index >= 15 is 0 Å². The molecular formula is C12H13F3O2. The molecule has 0 radical (unpaired) electrons. The summed E-state index contributed by atoms with van der Waals surface area (Å²) in [5.41, 5.74) is -0.993. The molecule has 1 rings (SSSR count). The molecule has 1 N–H and O–H groups in total. The molecule has 0 fully saturated rings. The van der Waals surface area contributed by atoms with E-state index in [1.807, 2.05) is 0 Å². The van der Waals surface area contributed by atoms with Crippen molar-refractivity contribution in [3.63, 3.8) is 0 Å². The molecule has 0 heterocycles. The number of halogens is 3. The summed E-state index contributed by atoms with van der Waals surface area (Å²) in [6.45, 7) is 1.78. The maximum atomic E-state index is 12.4. The molecule has 94 valence electrons. The van der Waals surface area contributed by atoms with E-state index in [-0.39, 0.29) is 12.0 Å². The van der Waals surface area contributed by atoms with E-state index < -0.39 is 23.6 Å². The van der Waals surface area contributed by atoms with Crippen molar-refractivity contribution in [2.75, 3.05) is 0 Å². The molecule has 0 bridgehead atoms. The molecule has 1 aromatic carbocycles. The van der Waals surface area contributed by atoms with E-state index in [4.69, 9.17) is 0 Å². The van der Waals surface area contributed by atoms with Gasteiger partial charge in [0, 0.05) is 5.56 Å². The highest BCUT2D eigenvalue weighted by atomic mass is 19.4. The standard InChI is InChI=1S/C12H13F3O2/c1-2-4-10(16)11(17)8-5-3-6-9(7-8)12(13,14)15/h3,5-7,10,16H,2,4H2,1H3. The van der Waals surface area contributed by atoms with E-state index in [2.05, 4.69) is 0 Å². The summed E-state index contributed by atoms with van der Waals surface area (Å²) in [5, 5.41) is 9.43. The minimum absolute atomic E-state index is 0.110. The lowest BCUT2D eigenvalue weighted by Crippen LogP contribution is -2.20. The number of carbonyl (C=O) groups excluding carboxylic acids is 1. The van der Waals surface area contributed by atoms with E-state index in [1.54, 1.807) is 6.92 Å². The predicted octanol–water partition coefficient (Wildman–Crippen LogP) is 3.05. The Morgan fingerprint density at radius 3 is 2.59 bits per heavy atom. The molecule has 0 aliphatic carbocycles. The van der Waals surface area contributed by atoms with Gasteiger partial charge in [0.2, 0.25) is 0 Å². The Labute approximate surface area is 97.1 Å². The van der Waals surface area contributed by atoms with Crippen LogP contribution in [0.15, 0.2) is 24.3 Å². The zero-order valence-corrected chi connectivity index (χ0v) is 9.29. The molecule has 0 aliphatic heterocycles. The quantitative estimate of drug-likeness (QED) is 0.829. The number of benzene rings is 1. The SMILES string of the molecule is CCCC(O)C(=O)c1cccc(C(F)(F)F)c1. The first-order valence-electron chi connectivity index (χ1n) is 5.25. The third-order valence-corrected chi connectivity index (χ3v) is 2.34. The first kappa shape index (κ1) is 13.7. The second kappa shape index (κ2) is 5.31. The summed E-state index contributed by atoms with van der Waals surface area (Å²) < 4.78 is 37.2. The maximum absolute atomic E-state index is 12.4. The van der Waals surface area contributed by atoms with Gasteiger partial charge in [-0.3, -0.25) is 4.79 Å². The molecule has 1 atom stereocenters. The summed E-state index contributed by atoms with van der Waals surface area (Å²) in [5.74, 6) is -0.669. The molecular weight excluding hydrogens is 233 g/mol. The topological polar surface area (TPSA) is 37.3 Å². The fraction of sp³-hybridized carbons (Fsp3) is 0.417. The second-order valence-electron chi connectivity index (χ2n) is 3.75. The minimum Gasteiger partial charge on any atom is -0.385 e. The van der Waals surface area contributed by atoms with Gasteiger partial charge in [0.15, 0.2) is 5.78 Å². The third-order valence-electron chi connectivity index (χ3n) is 2.34. The molecule has 0 aromatic heterocycles. The highest BCUT2D eigenvalue weighted by molar-refractivity contribution is 5.99. The van der Waals surface area contributed by atoms with Gasteiger partial charge < -0.3 is 5.11 Å². The molecule has 0 amide bonds. The molecule has 0 spiro atoms. The molecule has 0 saturated carbocycles. The van der Waals surface area contributed by atoms with E-state index in [0.29, 0.717) is 6.42 Å². The number of alkyl halides is 3. The number of carbonyl (C=O) groups is 1. The van der Waals surface area contributed by atoms with Gasteiger partial charge in [-0.25, -0.2) is 0 Å². The number of ketones is 1. The van der Waals surface area contributed by atoms with Crippen molar-refractivity contribution in [3.8, 4) is 0 Å². The van der Waals surface area contributed by atoms with Crippen molar-refractivity contribution >= 4 is 5.78 Å². The van der Waals surface area contributed by atoms with E-state index in [1.165, 1.54) is 6.07 Å². The van der Waals surface area contributed by atoms with Crippen LogP contribution in [0.4, 0.5) is 13.2 Å². The van der Waals surface area contributed by atoms with Crippen LogP contribution in [0.5, 0.6) is 0 Å². The number of aliphatic hydroxyl groups is 1. The zero-order chi connectivity index (χ0) is 13.1. The van der Waals surface area contributed by atoms with Gasteiger partial charge in [0.1, 0.15) is 6.10 Å². The fourth-order valence-electron chi connectivity index (χ4n) is 1.45. The molecule has 17 heavy (non-hydrogen) atoms. The van der Waals surface area contributed by atoms with Crippen molar-refractivity contribution in [1.29, 1.82) is 0 Å². The minimum atomic E-state index is -4.48. The number of hydrogen-bond acceptors (Lipinski definition) is 2. The van der Waals surface area contributed by atoms with Crippen molar-refractivity contribution in [1.82, 2.24) is 0 Å². The summed E-state index contributed by atoms with van der Waals surface area (Å²) >= 11 is 0. The molecule has 1 unspecified atom stereocenters. The van der Waals surface area contributed by atoms with Gasteiger partial charge in [-0.1, -0.05) is 25.5 Å². The van der Waals surface area contributed by atoms with Crippen LogP contribution in [-0.4, -0.2) is 17.0 Å². The molecule has 1 aromatic rings. The Morgan fingerprint density at radius 1 is 1.41 bits per heavy atom. The number of rotatable bonds is 4. The van der Waals surface area contributed by atoms with Crippen LogP contribution in [0, 0.1) is 0 Å². The highest BCUT2D eigenvalue weighted by Gasteiger charge is 2.31. The molecule has 0 aliphatic rings. The predicted molar refractivity (Wildman–Crippen MR) is 56.7 cm³/mol. The zero-order valence-electron chi connectivity index (χ0n) is 9.29. The molecule has 5 heteroatoms. The van der Waals surface area contributed by atoms with Crippen LogP contribution in [0.25, 0.3) is 0 Å². The van der Waals surface area contributed by atoms with Crippen molar-refractivity contribution in [2.45, 2.75) is 32.0 Å². The summed E-state index contributed by atoms with van der Waals surface area (Å²) in [4.78, 5) is 11.6.